The van der Waals surface area contributed by atoms with E-state index in [0.717, 1.165) is 16.7 Å². The molecule has 188 valence electrons. The number of rotatable bonds is 11. The van der Waals surface area contributed by atoms with Crippen molar-refractivity contribution in [1.29, 1.82) is 0 Å². The second-order valence-corrected chi connectivity index (χ2v) is 10.4. The van der Waals surface area contributed by atoms with Gasteiger partial charge in [-0.3, -0.25) is 9.59 Å². The Hall–Kier alpha value is -3.17. The third-order valence-electron chi connectivity index (χ3n) is 5.20. The molecule has 10 heteroatoms. The van der Waals surface area contributed by atoms with Gasteiger partial charge in [0.05, 0.1) is 4.90 Å². The third kappa shape index (κ3) is 8.20. The number of carbonyl (C=O) groups excluding carboxylic acids is 1. The summed E-state index contributed by atoms with van der Waals surface area (Å²) >= 11 is 11.7. The second-order valence-electron chi connectivity index (χ2n) is 7.86. The lowest BCUT2D eigenvalue weighted by Crippen LogP contribution is -2.41. The van der Waals surface area contributed by atoms with Crippen LogP contribution in [0.5, 0.6) is 0 Å². The van der Waals surface area contributed by atoms with Gasteiger partial charge in [-0.05, 0) is 72.0 Å². The lowest BCUT2D eigenvalue weighted by Gasteiger charge is -2.15. The quantitative estimate of drug-likeness (QED) is 0.231. The first-order chi connectivity index (χ1) is 17.1. The van der Waals surface area contributed by atoms with Crippen molar-refractivity contribution < 1.29 is 23.1 Å². The molecule has 7 nitrogen and oxygen atoms in total. The van der Waals surface area contributed by atoms with Crippen molar-refractivity contribution in [2.24, 2.45) is 0 Å². The van der Waals surface area contributed by atoms with E-state index in [1.54, 1.807) is 54.6 Å². The first-order valence-corrected chi connectivity index (χ1v) is 13.2. The van der Waals surface area contributed by atoms with E-state index in [1.165, 1.54) is 18.2 Å². The van der Waals surface area contributed by atoms with Crippen LogP contribution in [-0.4, -0.2) is 38.0 Å². The summed E-state index contributed by atoms with van der Waals surface area (Å²) in [6.07, 6.45) is 3.24. The Kier molecular flexibility index (Phi) is 9.66. The van der Waals surface area contributed by atoms with Gasteiger partial charge in [0, 0.05) is 22.7 Å². The monoisotopic (exact) mass is 546 g/mol. The molecule has 0 aliphatic carbocycles. The van der Waals surface area contributed by atoms with E-state index in [0.29, 0.717) is 10.0 Å². The van der Waals surface area contributed by atoms with Crippen LogP contribution in [0.3, 0.4) is 0 Å². The summed E-state index contributed by atoms with van der Waals surface area (Å²) in [7, 11) is -4.07. The Balaban J connectivity index is 1.52. The van der Waals surface area contributed by atoms with Gasteiger partial charge in [0.2, 0.25) is 15.9 Å². The smallest absolute Gasteiger partial charge is 0.321 e. The number of carbonyl (C=O) groups is 2. The predicted octanol–water partition coefficient (Wildman–Crippen LogP) is 5.00. The molecule has 0 aliphatic heterocycles. The maximum atomic E-state index is 12.7. The molecule has 0 heterocycles. The van der Waals surface area contributed by atoms with Gasteiger partial charge in [-0.1, -0.05) is 59.6 Å². The first-order valence-electron chi connectivity index (χ1n) is 11.0. The molecule has 0 fully saturated rings. The average Bonchev–Trinajstić information content (AvgIpc) is 2.86. The van der Waals surface area contributed by atoms with Gasteiger partial charge in [0.15, 0.2) is 0 Å². The molecular formula is C26H24Cl2N2O5S. The van der Waals surface area contributed by atoms with Crippen LogP contribution in [-0.2, 0) is 19.6 Å². The van der Waals surface area contributed by atoms with Crippen LogP contribution < -0.4 is 10.0 Å². The molecule has 1 amide bonds. The maximum absolute atomic E-state index is 12.7. The SMILES string of the molecule is O=C(C=Cc1ccc(Cl)cc1)NCCC[C@H](NS(=O)(=O)c1ccc(-c2ccc(Cl)cc2)cc1)C(=O)O. The molecule has 3 rings (SSSR count). The molecule has 0 saturated heterocycles. The van der Waals surface area contributed by atoms with E-state index < -0.39 is 22.0 Å². The fraction of sp³-hybridized carbons (Fsp3) is 0.154. The van der Waals surface area contributed by atoms with E-state index in [4.69, 9.17) is 23.2 Å². The zero-order valence-electron chi connectivity index (χ0n) is 19.0. The van der Waals surface area contributed by atoms with Crippen molar-refractivity contribution in [3.05, 3.63) is 94.5 Å². The highest BCUT2D eigenvalue weighted by molar-refractivity contribution is 7.89. The Bertz CT molecular complexity index is 1320. The minimum absolute atomic E-state index is 0.00139. The fourth-order valence-corrected chi connectivity index (χ4v) is 4.76. The van der Waals surface area contributed by atoms with Crippen molar-refractivity contribution in [2.45, 2.75) is 23.8 Å². The largest absolute Gasteiger partial charge is 0.480 e. The van der Waals surface area contributed by atoms with Gasteiger partial charge in [-0.15, -0.1) is 0 Å². The van der Waals surface area contributed by atoms with Gasteiger partial charge >= 0.3 is 5.97 Å². The number of hydrogen-bond acceptors (Lipinski definition) is 4. The first kappa shape index (κ1) is 27.4. The molecule has 0 bridgehead atoms. The summed E-state index contributed by atoms with van der Waals surface area (Å²) in [4.78, 5) is 23.6. The zero-order valence-corrected chi connectivity index (χ0v) is 21.4. The van der Waals surface area contributed by atoms with Crippen LogP contribution in [0.15, 0.2) is 83.8 Å². The standard InChI is InChI=1S/C26H24Cl2N2O5S/c27-21-10-3-18(4-11-21)5-16-25(31)29-17-1-2-24(26(32)33)30-36(34,35)23-14-8-20(9-15-23)19-6-12-22(28)13-7-19/h3-16,24,30H,1-2,17H2,(H,29,31)(H,32,33)/t24-/m0/s1. The lowest BCUT2D eigenvalue weighted by atomic mass is 10.1. The molecule has 0 aliphatic rings. The molecule has 3 aromatic carbocycles. The van der Waals surface area contributed by atoms with Crippen molar-refractivity contribution in [3.63, 3.8) is 0 Å². The Morgan fingerprint density at radius 2 is 1.39 bits per heavy atom. The van der Waals surface area contributed by atoms with Gasteiger partial charge in [0.25, 0.3) is 0 Å². The Morgan fingerprint density at radius 3 is 1.94 bits per heavy atom. The Labute approximate surface area is 219 Å². The molecule has 0 unspecified atom stereocenters. The molecular weight excluding hydrogens is 523 g/mol. The molecule has 3 N–H and O–H groups in total. The van der Waals surface area contributed by atoms with Crippen LogP contribution in [0, 0.1) is 0 Å². The third-order valence-corrected chi connectivity index (χ3v) is 7.20. The number of benzene rings is 3. The summed E-state index contributed by atoms with van der Waals surface area (Å²) < 4.78 is 27.7. The number of amides is 1. The number of hydrogen-bond donors (Lipinski definition) is 3. The molecule has 1 atom stereocenters. The zero-order chi connectivity index (χ0) is 26.1. The van der Waals surface area contributed by atoms with E-state index in [2.05, 4.69) is 10.0 Å². The Morgan fingerprint density at radius 1 is 0.861 bits per heavy atom. The van der Waals surface area contributed by atoms with Crippen molar-refractivity contribution in [2.75, 3.05) is 6.54 Å². The fourth-order valence-electron chi connectivity index (χ4n) is 3.28. The number of carboxylic acid groups (broad SMARTS) is 1. The predicted molar refractivity (Wildman–Crippen MR) is 141 cm³/mol. The highest BCUT2D eigenvalue weighted by atomic mass is 35.5. The maximum Gasteiger partial charge on any atom is 0.321 e. The van der Waals surface area contributed by atoms with Crippen molar-refractivity contribution in [1.82, 2.24) is 10.0 Å². The highest BCUT2D eigenvalue weighted by Gasteiger charge is 2.25. The molecule has 36 heavy (non-hydrogen) atoms. The molecule has 0 aromatic heterocycles. The van der Waals surface area contributed by atoms with Crippen molar-refractivity contribution >= 4 is 51.2 Å². The molecule has 0 radical (unpaired) electrons. The molecule has 0 spiro atoms. The minimum atomic E-state index is -4.07. The number of carboxylic acids is 1. The van der Waals surface area contributed by atoms with Crippen LogP contribution in [0.1, 0.15) is 18.4 Å². The number of nitrogens with one attached hydrogen (secondary N) is 2. The number of aliphatic carboxylic acids is 1. The van der Waals surface area contributed by atoms with Gasteiger partial charge in [-0.25, -0.2) is 8.42 Å². The minimum Gasteiger partial charge on any atom is -0.480 e. The summed E-state index contributed by atoms with van der Waals surface area (Å²) in [5.74, 6) is -1.65. The summed E-state index contributed by atoms with van der Waals surface area (Å²) in [5, 5.41) is 13.3. The average molecular weight is 547 g/mol. The molecule has 0 saturated carbocycles. The normalized spacial score (nSPS) is 12.4. The summed E-state index contributed by atoms with van der Waals surface area (Å²) in [6.45, 7) is 0.186. The summed E-state index contributed by atoms with van der Waals surface area (Å²) in [5.41, 5.74) is 2.46. The van der Waals surface area contributed by atoms with Crippen LogP contribution >= 0.6 is 23.2 Å². The van der Waals surface area contributed by atoms with E-state index in [-0.39, 0.29) is 30.2 Å². The van der Waals surface area contributed by atoms with E-state index in [1.807, 2.05) is 12.1 Å². The van der Waals surface area contributed by atoms with Crippen LogP contribution in [0.4, 0.5) is 0 Å². The van der Waals surface area contributed by atoms with E-state index in [9.17, 15) is 23.1 Å². The van der Waals surface area contributed by atoms with Crippen LogP contribution in [0.25, 0.3) is 17.2 Å². The van der Waals surface area contributed by atoms with Gasteiger partial charge in [0.1, 0.15) is 6.04 Å². The second kappa shape index (κ2) is 12.7. The van der Waals surface area contributed by atoms with E-state index >= 15 is 0 Å². The van der Waals surface area contributed by atoms with Gasteiger partial charge in [-0.2, -0.15) is 4.72 Å². The van der Waals surface area contributed by atoms with Crippen LogP contribution in [0.2, 0.25) is 10.0 Å². The lowest BCUT2D eigenvalue weighted by molar-refractivity contribution is -0.139. The highest BCUT2D eigenvalue weighted by Crippen LogP contribution is 2.23. The number of sulfonamides is 1. The van der Waals surface area contributed by atoms with Gasteiger partial charge < -0.3 is 10.4 Å². The molecule has 3 aromatic rings. The van der Waals surface area contributed by atoms with Crippen molar-refractivity contribution in [3.8, 4) is 11.1 Å². The topological polar surface area (TPSA) is 113 Å². The summed E-state index contributed by atoms with van der Waals surface area (Å²) in [6, 6.07) is 18.8. The number of halogens is 2.